The summed E-state index contributed by atoms with van der Waals surface area (Å²) < 4.78 is 1.26. The van der Waals surface area contributed by atoms with Crippen molar-refractivity contribution in [1.82, 2.24) is 0 Å². The summed E-state index contributed by atoms with van der Waals surface area (Å²) in [5.74, 6) is 0. The molecule has 18 heavy (non-hydrogen) atoms. The van der Waals surface area contributed by atoms with E-state index in [0.717, 1.165) is 12.8 Å². The summed E-state index contributed by atoms with van der Waals surface area (Å²) in [5, 5.41) is 0. The molecule has 0 N–H and O–H groups in total. The van der Waals surface area contributed by atoms with E-state index in [-0.39, 0.29) is 0 Å². The average Bonchev–Trinajstić information content (AvgIpc) is 2.75. The lowest BCUT2D eigenvalue weighted by atomic mass is 9.93. The van der Waals surface area contributed by atoms with Crippen molar-refractivity contribution in [2.75, 3.05) is 0 Å². The smallest absolute Gasteiger partial charge is 0.0216 e. The molecular formula is C17H16Br. The number of rotatable bonds is 2. The largest absolute Gasteiger partial charge is 0.0619 e. The fourth-order valence-electron chi connectivity index (χ4n) is 2.96. The van der Waals surface area contributed by atoms with Crippen molar-refractivity contribution in [1.29, 1.82) is 0 Å². The van der Waals surface area contributed by atoms with Crippen molar-refractivity contribution < 1.29 is 0 Å². The van der Waals surface area contributed by atoms with Gasteiger partial charge in [-0.3, -0.25) is 0 Å². The van der Waals surface area contributed by atoms with Crippen molar-refractivity contribution in [2.24, 2.45) is 0 Å². The molecule has 0 atom stereocenters. The number of hydrogen-bond donors (Lipinski definition) is 0. The van der Waals surface area contributed by atoms with Crippen LogP contribution in [0.3, 0.4) is 0 Å². The highest BCUT2D eigenvalue weighted by atomic mass is 79.9. The van der Waals surface area contributed by atoms with Crippen LogP contribution in [0, 0.1) is 6.42 Å². The lowest BCUT2D eigenvalue weighted by Gasteiger charge is -2.14. The maximum atomic E-state index is 3.74. The van der Waals surface area contributed by atoms with Crippen LogP contribution in [0.2, 0.25) is 0 Å². The molecule has 2 aromatic carbocycles. The summed E-state index contributed by atoms with van der Waals surface area (Å²) in [5.41, 5.74) is 8.48. The highest BCUT2D eigenvalue weighted by Crippen LogP contribution is 2.43. The van der Waals surface area contributed by atoms with Crippen LogP contribution in [0.1, 0.15) is 36.1 Å². The van der Waals surface area contributed by atoms with E-state index >= 15 is 0 Å². The fraction of sp³-hybridized carbons (Fsp3) is 0.235. The molecule has 2 aromatic rings. The lowest BCUT2D eigenvalue weighted by Crippen LogP contribution is -1.98. The molecule has 1 aliphatic rings. The Morgan fingerprint density at radius 3 is 2.39 bits per heavy atom. The van der Waals surface area contributed by atoms with Crippen LogP contribution in [-0.2, 0) is 12.8 Å². The Kier molecular flexibility index (Phi) is 3.03. The van der Waals surface area contributed by atoms with E-state index in [9.17, 15) is 0 Å². The molecule has 0 aromatic heterocycles. The Hall–Kier alpha value is -1.08. The van der Waals surface area contributed by atoms with Crippen LogP contribution in [-0.4, -0.2) is 0 Å². The molecule has 0 aliphatic heterocycles. The standard InChI is InChI=1S/C17H16Br/c1-3-12-13(4-2)17(18)10-16-14-8-6-5-7-11(14)9-15(12)16/h5-10H,3-4H2,1-2H3. The Morgan fingerprint density at radius 2 is 1.67 bits per heavy atom. The Morgan fingerprint density at radius 1 is 0.944 bits per heavy atom. The molecule has 1 radical (unpaired) electrons. The van der Waals surface area contributed by atoms with Crippen LogP contribution >= 0.6 is 15.9 Å². The highest BCUT2D eigenvalue weighted by Gasteiger charge is 2.23. The van der Waals surface area contributed by atoms with Crippen molar-refractivity contribution in [3.8, 4) is 11.1 Å². The topological polar surface area (TPSA) is 0 Å². The lowest BCUT2D eigenvalue weighted by molar-refractivity contribution is 1.02. The molecule has 0 heterocycles. The third-order valence-corrected chi connectivity index (χ3v) is 4.50. The van der Waals surface area contributed by atoms with Gasteiger partial charge in [-0.05, 0) is 52.3 Å². The molecule has 0 unspecified atom stereocenters. The maximum Gasteiger partial charge on any atom is 0.0216 e. The van der Waals surface area contributed by atoms with E-state index in [1.165, 1.54) is 37.9 Å². The second kappa shape index (κ2) is 4.55. The van der Waals surface area contributed by atoms with Crippen LogP contribution in [0.15, 0.2) is 34.8 Å². The summed E-state index contributed by atoms with van der Waals surface area (Å²) in [6, 6.07) is 10.9. The fourth-order valence-corrected chi connectivity index (χ4v) is 3.71. The summed E-state index contributed by atoms with van der Waals surface area (Å²) in [6.07, 6.45) is 4.52. The first kappa shape index (κ1) is 12.0. The van der Waals surface area contributed by atoms with Gasteiger partial charge in [0.2, 0.25) is 0 Å². The third-order valence-electron chi connectivity index (χ3n) is 3.80. The molecule has 0 bridgehead atoms. The predicted molar refractivity (Wildman–Crippen MR) is 80.8 cm³/mol. The van der Waals surface area contributed by atoms with Gasteiger partial charge in [0, 0.05) is 10.9 Å². The molecule has 1 aliphatic carbocycles. The van der Waals surface area contributed by atoms with Gasteiger partial charge in [-0.1, -0.05) is 54.0 Å². The van der Waals surface area contributed by atoms with Crippen LogP contribution in [0.4, 0.5) is 0 Å². The summed E-state index contributed by atoms with van der Waals surface area (Å²) in [7, 11) is 0. The molecule has 3 rings (SSSR count). The molecule has 0 amide bonds. The van der Waals surface area contributed by atoms with E-state index in [2.05, 4.69) is 66.5 Å². The van der Waals surface area contributed by atoms with Gasteiger partial charge in [0.15, 0.2) is 0 Å². The maximum absolute atomic E-state index is 3.74. The van der Waals surface area contributed by atoms with E-state index in [4.69, 9.17) is 0 Å². The normalized spacial score (nSPS) is 12.4. The number of fused-ring (bicyclic) bond motifs is 3. The Labute approximate surface area is 117 Å². The number of benzene rings is 2. The monoisotopic (exact) mass is 299 g/mol. The van der Waals surface area contributed by atoms with Crippen LogP contribution in [0.5, 0.6) is 0 Å². The van der Waals surface area contributed by atoms with E-state index < -0.39 is 0 Å². The van der Waals surface area contributed by atoms with Gasteiger partial charge < -0.3 is 0 Å². The first-order valence-corrected chi connectivity index (χ1v) is 7.34. The minimum absolute atomic E-state index is 1.08. The third kappa shape index (κ3) is 1.65. The van der Waals surface area contributed by atoms with Gasteiger partial charge in [-0.2, -0.15) is 0 Å². The van der Waals surface area contributed by atoms with E-state index in [1.807, 2.05) is 0 Å². The van der Waals surface area contributed by atoms with Crippen molar-refractivity contribution >= 4 is 15.9 Å². The van der Waals surface area contributed by atoms with Gasteiger partial charge in [0.1, 0.15) is 0 Å². The minimum atomic E-state index is 1.08. The first-order chi connectivity index (χ1) is 8.76. The van der Waals surface area contributed by atoms with Gasteiger partial charge in [-0.25, -0.2) is 0 Å². The van der Waals surface area contributed by atoms with E-state index in [1.54, 1.807) is 0 Å². The summed E-state index contributed by atoms with van der Waals surface area (Å²) in [6.45, 7) is 4.48. The van der Waals surface area contributed by atoms with Gasteiger partial charge in [0.05, 0.1) is 0 Å². The van der Waals surface area contributed by atoms with Gasteiger partial charge >= 0.3 is 0 Å². The van der Waals surface area contributed by atoms with Gasteiger partial charge in [0.25, 0.3) is 0 Å². The Bertz CT molecular complexity index is 611. The molecular weight excluding hydrogens is 284 g/mol. The van der Waals surface area contributed by atoms with Crippen molar-refractivity contribution in [2.45, 2.75) is 26.7 Å². The zero-order valence-corrected chi connectivity index (χ0v) is 12.3. The molecule has 0 fully saturated rings. The number of halogens is 1. The van der Waals surface area contributed by atoms with Crippen LogP contribution in [0.25, 0.3) is 11.1 Å². The average molecular weight is 300 g/mol. The van der Waals surface area contributed by atoms with Gasteiger partial charge in [-0.15, -0.1) is 0 Å². The zero-order chi connectivity index (χ0) is 12.7. The SMILES string of the molecule is CCc1c(Br)cc2c(c1CC)[CH]c1ccccc1-2. The predicted octanol–water partition coefficient (Wildman–Crippen LogP) is 5.15. The molecule has 0 nitrogen and oxygen atoms in total. The second-order valence-corrected chi connectivity index (χ2v) is 5.57. The molecule has 1 heteroatoms. The van der Waals surface area contributed by atoms with Crippen molar-refractivity contribution in [3.05, 3.63) is 63.5 Å². The number of hydrogen-bond acceptors (Lipinski definition) is 0. The van der Waals surface area contributed by atoms with E-state index in [0.29, 0.717) is 0 Å². The molecule has 0 saturated heterocycles. The summed E-state index contributed by atoms with van der Waals surface area (Å²) >= 11 is 3.74. The minimum Gasteiger partial charge on any atom is -0.0619 e. The summed E-state index contributed by atoms with van der Waals surface area (Å²) in [4.78, 5) is 0. The molecule has 0 spiro atoms. The van der Waals surface area contributed by atoms with Crippen LogP contribution < -0.4 is 0 Å². The highest BCUT2D eigenvalue weighted by molar-refractivity contribution is 9.10. The molecule has 91 valence electrons. The quantitative estimate of drug-likeness (QED) is 0.613. The second-order valence-electron chi connectivity index (χ2n) is 4.72. The van der Waals surface area contributed by atoms with Crippen molar-refractivity contribution in [3.63, 3.8) is 0 Å². The first-order valence-electron chi connectivity index (χ1n) is 6.54. The Balaban J connectivity index is 2.29. The zero-order valence-electron chi connectivity index (χ0n) is 10.8. The molecule has 0 saturated carbocycles.